The van der Waals surface area contributed by atoms with E-state index in [-0.39, 0.29) is 46.3 Å². The number of halogens is 2. The molecule has 0 aromatic heterocycles. The van der Waals surface area contributed by atoms with Crippen LogP contribution < -0.4 is 14.8 Å². The van der Waals surface area contributed by atoms with Gasteiger partial charge in [-0.15, -0.1) is 0 Å². The molecule has 1 amide bonds. The summed E-state index contributed by atoms with van der Waals surface area (Å²) in [5, 5.41) is 3.33. The van der Waals surface area contributed by atoms with Crippen LogP contribution in [0.25, 0.3) is 0 Å². The first-order valence-electron chi connectivity index (χ1n) is 10.8. The van der Waals surface area contributed by atoms with Crippen LogP contribution >= 0.6 is 0 Å². The molecule has 30 heavy (non-hydrogen) atoms. The molecule has 5 atom stereocenters. The highest BCUT2D eigenvalue weighted by Gasteiger charge is 2.68. The van der Waals surface area contributed by atoms with Gasteiger partial charge in [0, 0.05) is 19.1 Å². The molecule has 1 heterocycles. The van der Waals surface area contributed by atoms with Crippen LogP contribution in [0.4, 0.5) is 8.78 Å². The van der Waals surface area contributed by atoms with Gasteiger partial charge in [-0.05, 0) is 59.6 Å². The summed E-state index contributed by atoms with van der Waals surface area (Å²) >= 11 is 0. The highest BCUT2D eigenvalue weighted by atomic mass is 19.3. The first-order chi connectivity index (χ1) is 14.2. The lowest BCUT2D eigenvalue weighted by Gasteiger charge is -2.53. The van der Waals surface area contributed by atoms with Gasteiger partial charge in [0.2, 0.25) is 5.91 Å². The van der Waals surface area contributed by atoms with Crippen molar-refractivity contribution in [3.05, 3.63) is 23.8 Å². The summed E-state index contributed by atoms with van der Waals surface area (Å²) < 4.78 is 41.9. The van der Waals surface area contributed by atoms with Crippen LogP contribution in [0.2, 0.25) is 0 Å². The minimum Gasteiger partial charge on any atom is -0.493 e. The number of rotatable bonds is 6. The van der Waals surface area contributed by atoms with Gasteiger partial charge in [0.25, 0.3) is 0 Å². The highest BCUT2D eigenvalue weighted by Crippen LogP contribution is 2.70. The van der Waals surface area contributed by atoms with Gasteiger partial charge >= 0.3 is 6.61 Å². The number of methoxy groups -OCH3 is 1. The van der Waals surface area contributed by atoms with Gasteiger partial charge in [-0.1, -0.05) is 26.8 Å². The molecule has 1 aromatic carbocycles. The van der Waals surface area contributed by atoms with Crippen molar-refractivity contribution in [1.29, 1.82) is 0 Å². The highest BCUT2D eigenvalue weighted by molar-refractivity contribution is 5.76. The fourth-order valence-electron chi connectivity index (χ4n) is 6.44. The van der Waals surface area contributed by atoms with Crippen molar-refractivity contribution in [3.63, 3.8) is 0 Å². The zero-order chi connectivity index (χ0) is 21.7. The maximum atomic E-state index is 12.9. The van der Waals surface area contributed by atoms with E-state index >= 15 is 0 Å². The standard InChI is InChI=1S/C23H31F2NO4/c1-5-18(27)26-20-22(2,3)14-11-15-19(29-9-8-23(15,20)12-14)13-6-7-16(28-4)17(10-13)30-21(24)25/h6-7,10,14-15,19-21H,5,8-9,11-12H2,1-4H3,(H,26,27)/t14-,15-,19-,20+,23-/m1/s1. The Kier molecular flexibility index (Phi) is 5.45. The summed E-state index contributed by atoms with van der Waals surface area (Å²) in [6, 6.07) is 5.23. The van der Waals surface area contributed by atoms with Crippen LogP contribution in [0.1, 0.15) is 58.1 Å². The van der Waals surface area contributed by atoms with Crippen LogP contribution in [-0.2, 0) is 9.53 Å². The molecule has 0 unspecified atom stereocenters. The number of ether oxygens (including phenoxy) is 3. The van der Waals surface area contributed by atoms with E-state index in [0.29, 0.717) is 18.9 Å². The molecule has 1 spiro atoms. The lowest BCUT2D eigenvalue weighted by molar-refractivity contribution is -0.137. The summed E-state index contributed by atoms with van der Waals surface area (Å²) in [7, 11) is 1.43. The van der Waals surface area contributed by atoms with Gasteiger partial charge in [-0.25, -0.2) is 0 Å². The molecule has 1 aliphatic heterocycles. The topological polar surface area (TPSA) is 56.8 Å². The Hall–Kier alpha value is -1.89. The number of carbonyl (C=O) groups excluding carboxylic acids is 1. The predicted molar refractivity (Wildman–Crippen MR) is 108 cm³/mol. The van der Waals surface area contributed by atoms with E-state index in [1.54, 1.807) is 12.1 Å². The number of amides is 1. The molecule has 0 radical (unpaired) electrons. The first-order valence-corrected chi connectivity index (χ1v) is 10.8. The maximum Gasteiger partial charge on any atom is 0.387 e. The normalized spacial score (nSPS) is 34.0. The third-order valence-corrected chi connectivity index (χ3v) is 7.86. The van der Waals surface area contributed by atoms with Crippen molar-refractivity contribution in [2.45, 2.75) is 65.2 Å². The van der Waals surface area contributed by atoms with Gasteiger partial charge in [0.1, 0.15) is 0 Å². The number of alkyl halides is 2. The van der Waals surface area contributed by atoms with Crippen molar-refractivity contribution < 1.29 is 27.8 Å². The maximum absolute atomic E-state index is 12.9. The summed E-state index contributed by atoms with van der Waals surface area (Å²) in [6.45, 7) is 4.05. The average molecular weight is 424 g/mol. The van der Waals surface area contributed by atoms with Crippen molar-refractivity contribution in [2.24, 2.45) is 22.7 Å². The van der Waals surface area contributed by atoms with E-state index in [9.17, 15) is 13.6 Å². The van der Waals surface area contributed by atoms with Crippen molar-refractivity contribution >= 4 is 5.91 Å². The summed E-state index contributed by atoms with van der Waals surface area (Å²) in [4.78, 5) is 12.3. The zero-order valence-corrected chi connectivity index (χ0v) is 18.0. The van der Waals surface area contributed by atoms with Crippen LogP contribution in [0.15, 0.2) is 18.2 Å². The Balaban J connectivity index is 1.68. The van der Waals surface area contributed by atoms with Crippen LogP contribution in [0.3, 0.4) is 0 Å². The molecule has 1 saturated heterocycles. The second-order valence-electron chi connectivity index (χ2n) is 9.48. The van der Waals surface area contributed by atoms with E-state index in [1.165, 1.54) is 7.11 Å². The molecule has 5 nitrogen and oxygen atoms in total. The van der Waals surface area contributed by atoms with Crippen LogP contribution in [0.5, 0.6) is 11.5 Å². The van der Waals surface area contributed by atoms with E-state index in [2.05, 4.69) is 23.9 Å². The van der Waals surface area contributed by atoms with E-state index < -0.39 is 6.61 Å². The van der Waals surface area contributed by atoms with Crippen molar-refractivity contribution in [3.8, 4) is 11.5 Å². The number of nitrogens with one attached hydrogen (secondary N) is 1. The zero-order valence-electron chi connectivity index (χ0n) is 18.0. The van der Waals surface area contributed by atoms with Crippen molar-refractivity contribution in [1.82, 2.24) is 5.32 Å². The third kappa shape index (κ3) is 3.26. The number of hydrogen-bond acceptors (Lipinski definition) is 4. The number of hydrogen-bond donors (Lipinski definition) is 1. The molecule has 2 bridgehead atoms. The Morgan fingerprint density at radius 1 is 1.33 bits per heavy atom. The molecule has 166 valence electrons. The molecular formula is C23H31F2NO4. The Labute approximate surface area is 176 Å². The summed E-state index contributed by atoms with van der Waals surface area (Å²) in [5.41, 5.74) is 0.806. The average Bonchev–Trinajstić information content (AvgIpc) is 3.19. The second kappa shape index (κ2) is 7.66. The molecule has 1 N–H and O–H groups in total. The monoisotopic (exact) mass is 423 g/mol. The lowest BCUT2D eigenvalue weighted by Crippen LogP contribution is -2.58. The summed E-state index contributed by atoms with van der Waals surface area (Å²) in [6.07, 6.45) is 3.22. The molecule has 2 saturated carbocycles. The van der Waals surface area contributed by atoms with Crippen LogP contribution in [-0.4, -0.2) is 32.3 Å². The quantitative estimate of drug-likeness (QED) is 0.720. The molecule has 2 aliphatic carbocycles. The van der Waals surface area contributed by atoms with Gasteiger partial charge < -0.3 is 19.5 Å². The predicted octanol–water partition coefficient (Wildman–Crippen LogP) is 4.71. The fraction of sp³-hybridized carbons (Fsp3) is 0.696. The number of benzene rings is 1. The second-order valence-corrected chi connectivity index (χ2v) is 9.48. The van der Waals surface area contributed by atoms with Gasteiger partial charge in [0.15, 0.2) is 11.5 Å². The van der Waals surface area contributed by atoms with Crippen LogP contribution in [0, 0.1) is 22.7 Å². The minimum atomic E-state index is -2.93. The molecular weight excluding hydrogens is 392 g/mol. The number of fused-ring (bicyclic) bond motifs is 1. The van der Waals surface area contributed by atoms with Gasteiger partial charge in [0.05, 0.1) is 13.2 Å². The Morgan fingerprint density at radius 2 is 2.10 bits per heavy atom. The largest absolute Gasteiger partial charge is 0.493 e. The molecule has 1 aromatic rings. The van der Waals surface area contributed by atoms with Crippen molar-refractivity contribution in [2.75, 3.05) is 13.7 Å². The summed E-state index contributed by atoms with van der Waals surface area (Å²) in [5.74, 6) is 1.08. The SMILES string of the molecule is CCC(=O)N[C@H]1C(C)(C)[C@@H]2C[C@@H]3[C@@H](c4ccc(OC)c(OC(F)F)c4)OCC[C@@]31C2. The van der Waals surface area contributed by atoms with E-state index in [1.807, 2.05) is 13.0 Å². The molecule has 3 fully saturated rings. The Morgan fingerprint density at radius 3 is 2.77 bits per heavy atom. The Bertz CT molecular complexity index is 814. The molecule has 7 heteroatoms. The lowest BCUT2D eigenvalue weighted by atomic mass is 9.59. The molecule has 3 aliphatic rings. The number of carbonyl (C=O) groups is 1. The van der Waals surface area contributed by atoms with Gasteiger partial charge in [-0.3, -0.25) is 4.79 Å². The van der Waals surface area contributed by atoms with E-state index in [4.69, 9.17) is 9.47 Å². The first kappa shape index (κ1) is 21.3. The smallest absolute Gasteiger partial charge is 0.387 e. The molecule has 4 rings (SSSR count). The fourth-order valence-corrected chi connectivity index (χ4v) is 6.44. The third-order valence-electron chi connectivity index (χ3n) is 7.86. The van der Waals surface area contributed by atoms with Gasteiger partial charge in [-0.2, -0.15) is 8.78 Å². The minimum absolute atomic E-state index is 0.0209. The van der Waals surface area contributed by atoms with E-state index in [0.717, 1.165) is 24.8 Å².